The van der Waals surface area contributed by atoms with Gasteiger partial charge >= 0.3 is 0 Å². The maximum atomic E-state index is 13.1. The standard InChI is InChI=1S/C24H29ClN2O3/c1-24(2,3)14-23(28)27(15-18-7-5-6-8-21(18)25)16-20-13-22(26-30-20)17-9-11-19(29-4)12-10-17/h5-12,20H,13-16H2,1-4H3/t20-/m1/s1. The summed E-state index contributed by atoms with van der Waals surface area (Å²) < 4.78 is 5.21. The van der Waals surface area contributed by atoms with Crippen LogP contribution in [0.5, 0.6) is 5.75 Å². The number of hydrogen-bond acceptors (Lipinski definition) is 4. The van der Waals surface area contributed by atoms with Crippen LogP contribution in [0.1, 0.15) is 44.7 Å². The fourth-order valence-corrected chi connectivity index (χ4v) is 3.57. The molecular weight excluding hydrogens is 400 g/mol. The van der Waals surface area contributed by atoms with E-state index < -0.39 is 0 Å². The molecule has 1 aliphatic heterocycles. The van der Waals surface area contributed by atoms with Crippen molar-refractivity contribution in [1.82, 2.24) is 4.90 Å². The monoisotopic (exact) mass is 428 g/mol. The summed E-state index contributed by atoms with van der Waals surface area (Å²) in [5.41, 5.74) is 2.70. The third-order valence-electron chi connectivity index (χ3n) is 4.93. The number of oxime groups is 1. The van der Waals surface area contributed by atoms with Gasteiger partial charge in [-0.3, -0.25) is 4.79 Å². The topological polar surface area (TPSA) is 51.1 Å². The molecule has 0 aliphatic carbocycles. The Labute approximate surface area is 183 Å². The fraction of sp³-hybridized carbons (Fsp3) is 0.417. The van der Waals surface area contributed by atoms with Gasteiger partial charge in [0.2, 0.25) is 5.91 Å². The average molecular weight is 429 g/mol. The Morgan fingerprint density at radius 1 is 1.20 bits per heavy atom. The van der Waals surface area contributed by atoms with Gasteiger partial charge in [-0.1, -0.05) is 55.7 Å². The molecule has 0 saturated carbocycles. The quantitative estimate of drug-likeness (QED) is 0.600. The molecule has 0 radical (unpaired) electrons. The summed E-state index contributed by atoms with van der Waals surface area (Å²) in [6.45, 7) is 7.11. The molecule has 1 heterocycles. The largest absolute Gasteiger partial charge is 0.497 e. The Hall–Kier alpha value is -2.53. The van der Waals surface area contributed by atoms with E-state index in [1.807, 2.05) is 53.4 Å². The summed E-state index contributed by atoms with van der Waals surface area (Å²) in [6.07, 6.45) is 0.915. The number of rotatable bonds is 7. The van der Waals surface area contributed by atoms with Crippen LogP contribution in [-0.4, -0.2) is 36.3 Å². The zero-order valence-electron chi connectivity index (χ0n) is 18.0. The van der Waals surface area contributed by atoms with Crippen LogP contribution < -0.4 is 4.74 Å². The Bertz CT molecular complexity index is 903. The molecule has 0 unspecified atom stereocenters. The van der Waals surface area contributed by atoms with Gasteiger partial charge in [0.05, 0.1) is 19.4 Å². The van der Waals surface area contributed by atoms with E-state index in [1.165, 1.54) is 0 Å². The first-order valence-corrected chi connectivity index (χ1v) is 10.5. The molecule has 0 aromatic heterocycles. The highest BCUT2D eigenvalue weighted by Gasteiger charge is 2.29. The highest BCUT2D eigenvalue weighted by Crippen LogP contribution is 2.25. The van der Waals surface area contributed by atoms with Crippen molar-refractivity contribution in [3.05, 3.63) is 64.7 Å². The molecule has 2 aromatic carbocycles. The van der Waals surface area contributed by atoms with Crippen LogP contribution in [0.25, 0.3) is 0 Å². The fourth-order valence-electron chi connectivity index (χ4n) is 3.38. The lowest BCUT2D eigenvalue weighted by molar-refractivity contribution is -0.135. The maximum absolute atomic E-state index is 13.1. The number of nitrogens with zero attached hydrogens (tertiary/aromatic N) is 2. The van der Waals surface area contributed by atoms with Crippen molar-refractivity contribution in [2.24, 2.45) is 10.6 Å². The average Bonchev–Trinajstić information content (AvgIpc) is 3.16. The highest BCUT2D eigenvalue weighted by atomic mass is 35.5. The number of methoxy groups -OCH3 is 1. The number of carbonyl (C=O) groups is 1. The molecule has 0 fully saturated rings. The van der Waals surface area contributed by atoms with E-state index in [1.54, 1.807) is 7.11 Å². The van der Waals surface area contributed by atoms with Crippen molar-refractivity contribution < 1.29 is 14.4 Å². The second-order valence-electron chi connectivity index (χ2n) is 8.80. The number of halogens is 1. The normalized spacial score (nSPS) is 16.0. The number of hydrogen-bond donors (Lipinski definition) is 0. The van der Waals surface area contributed by atoms with E-state index in [9.17, 15) is 4.79 Å². The van der Waals surface area contributed by atoms with Gasteiger partial charge in [0.1, 0.15) is 5.75 Å². The molecule has 0 spiro atoms. The number of amides is 1. The Balaban J connectivity index is 1.70. The molecule has 30 heavy (non-hydrogen) atoms. The van der Waals surface area contributed by atoms with Crippen LogP contribution >= 0.6 is 11.6 Å². The van der Waals surface area contributed by atoms with Gasteiger partial charge in [-0.05, 0) is 46.9 Å². The maximum Gasteiger partial charge on any atom is 0.223 e. The van der Waals surface area contributed by atoms with E-state index in [-0.39, 0.29) is 17.4 Å². The summed E-state index contributed by atoms with van der Waals surface area (Å²) in [4.78, 5) is 20.6. The Morgan fingerprint density at radius 2 is 1.90 bits per heavy atom. The zero-order valence-corrected chi connectivity index (χ0v) is 18.8. The van der Waals surface area contributed by atoms with Crippen LogP contribution in [0.3, 0.4) is 0 Å². The van der Waals surface area contributed by atoms with E-state index >= 15 is 0 Å². The van der Waals surface area contributed by atoms with Gasteiger partial charge in [-0.25, -0.2) is 0 Å². The molecule has 0 N–H and O–H groups in total. The van der Waals surface area contributed by atoms with Crippen LogP contribution in [0.2, 0.25) is 5.02 Å². The van der Waals surface area contributed by atoms with Crippen molar-refractivity contribution in [3.8, 4) is 5.75 Å². The second-order valence-corrected chi connectivity index (χ2v) is 9.21. The predicted octanol–water partition coefficient (Wildman–Crippen LogP) is 5.31. The van der Waals surface area contributed by atoms with Crippen LogP contribution in [0.15, 0.2) is 53.7 Å². The molecule has 3 rings (SSSR count). The summed E-state index contributed by atoms with van der Waals surface area (Å²) in [7, 11) is 1.64. The van der Waals surface area contributed by atoms with Crippen LogP contribution in [0.4, 0.5) is 0 Å². The van der Waals surface area contributed by atoms with Gasteiger partial charge in [-0.2, -0.15) is 0 Å². The lowest BCUT2D eigenvalue weighted by Crippen LogP contribution is -2.38. The van der Waals surface area contributed by atoms with E-state index in [0.717, 1.165) is 22.6 Å². The molecule has 2 aromatic rings. The molecular formula is C24H29ClN2O3. The molecule has 1 aliphatic rings. The van der Waals surface area contributed by atoms with E-state index in [0.29, 0.717) is 31.0 Å². The van der Waals surface area contributed by atoms with Crippen molar-refractivity contribution >= 4 is 23.2 Å². The highest BCUT2D eigenvalue weighted by molar-refractivity contribution is 6.31. The van der Waals surface area contributed by atoms with Gasteiger partial charge in [-0.15, -0.1) is 0 Å². The van der Waals surface area contributed by atoms with Crippen molar-refractivity contribution in [2.75, 3.05) is 13.7 Å². The van der Waals surface area contributed by atoms with Crippen LogP contribution in [-0.2, 0) is 16.2 Å². The molecule has 1 amide bonds. The summed E-state index contributed by atoms with van der Waals surface area (Å²) in [5, 5.41) is 4.93. The third kappa shape index (κ3) is 5.99. The minimum absolute atomic E-state index is 0.0870. The summed E-state index contributed by atoms with van der Waals surface area (Å²) >= 11 is 6.35. The zero-order chi connectivity index (χ0) is 21.7. The first-order valence-electron chi connectivity index (χ1n) is 10.1. The van der Waals surface area contributed by atoms with Gasteiger partial charge in [0.25, 0.3) is 0 Å². The molecule has 6 heteroatoms. The Morgan fingerprint density at radius 3 is 2.53 bits per heavy atom. The third-order valence-corrected chi connectivity index (χ3v) is 5.30. The predicted molar refractivity (Wildman–Crippen MR) is 120 cm³/mol. The van der Waals surface area contributed by atoms with Gasteiger partial charge < -0.3 is 14.5 Å². The SMILES string of the molecule is COc1ccc(C2=NO[C@@H](CN(Cc3ccccc3Cl)C(=O)CC(C)(C)C)C2)cc1. The first-order chi connectivity index (χ1) is 14.2. The molecule has 5 nitrogen and oxygen atoms in total. The summed E-state index contributed by atoms with van der Waals surface area (Å²) in [6, 6.07) is 15.4. The van der Waals surface area contributed by atoms with E-state index in [2.05, 4.69) is 25.9 Å². The van der Waals surface area contributed by atoms with Crippen molar-refractivity contribution in [2.45, 2.75) is 46.3 Å². The van der Waals surface area contributed by atoms with Crippen LogP contribution in [0, 0.1) is 5.41 Å². The minimum atomic E-state index is -0.187. The van der Waals surface area contributed by atoms with Gasteiger partial charge in [0, 0.05) is 24.4 Å². The van der Waals surface area contributed by atoms with E-state index in [4.69, 9.17) is 21.2 Å². The Kier molecular flexibility index (Phi) is 7.03. The van der Waals surface area contributed by atoms with Gasteiger partial charge in [0.15, 0.2) is 6.10 Å². The lowest BCUT2D eigenvalue weighted by Gasteiger charge is -2.28. The van der Waals surface area contributed by atoms with Crippen molar-refractivity contribution in [3.63, 3.8) is 0 Å². The molecule has 1 atom stereocenters. The molecule has 0 saturated heterocycles. The smallest absolute Gasteiger partial charge is 0.223 e. The second kappa shape index (κ2) is 9.52. The number of carbonyl (C=O) groups excluding carboxylic acids is 1. The summed E-state index contributed by atoms with van der Waals surface area (Å²) in [5.74, 6) is 0.887. The number of benzene rings is 2. The first kappa shape index (κ1) is 22.2. The number of ether oxygens (including phenoxy) is 1. The minimum Gasteiger partial charge on any atom is -0.497 e. The lowest BCUT2D eigenvalue weighted by atomic mass is 9.91. The van der Waals surface area contributed by atoms with Crippen molar-refractivity contribution in [1.29, 1.82) is 0 Å². The molecule has 0 bridgehead atoms. The molecule has 160 valence electrons.